The first kappa shape index (κ1) is 23.6. The van der Waals surface area contributed by atoms with Crippen LogP contribution in [-0.2, 0) is 10.3 Å². The number of carbonyl (C=O) groups excluding carboxylic acids is 2. The van der Waals surface area contributed by atoms with Crippen molar-refractivity contribution in [3.05, 3.63) is 46.4 Å². The fourth-order valence-electron chi connectivity index (χ4n) is 3.65. The standard InChI is InChI=1S/C24H28N6O3S/c1-12(2)16-9-15(19-13(3)29-30(20(19)26-16)24(4,5)6)21(31)28-23-27-18(11-34-23)14-8-17(25-10-14)22(32)33-7/h8-12,25H,1-7H3,(H,27,28,31). The van der Waals surface area contributed by atoms with Gasteiger partial charge in [-0.05, 0) is 45.7 Å². The van der Waals surface area contributed by atoms with Crippen molar-refractivity contribution in [3.63, 3.8) is 0 Å². The molecule has 9 nitrogen and oxygen atoms in total. The smallest absolute Gasteiger partial charge is 0.354 e. The molecule has 178 valence electrons. The summed E-state index contributed by atoms with van der Waals surface area (Å²) in [6.45, 7) is 12.2. The third-order valence-electron chi connectivity index (χ3n) is 5.41. The lowest BCUT2D eigenvalue weighted by atomic mass is 10.0. The number of H-pyrrole nitrogens is 1. The molecule has 0 bridgehead atoms. The molecule has 0 saturated carbocycles. The molecule has 0 aliphatic rings. The van der Waals surface area contributed by atoms with Crippen molar-refractivity contribution in [1.82, 2.24) is 24.7 Å². The Bertz CT molecular complexity index is 1390. The van der Waals surface area contributed by atoms with Crippen molar-refractivity contribution in [2.45, 2.75) is 53.0 Å². The molecule has 1 amide bonds. The Morgan fingerprint density at radius 3 is 2.59 bits per heavy atom. The molecule has 0 aliphatic heterocycles. The number of aromatic amines is 1. The topological polar surface area (TPSA) is 115 Å². The van der Waals surface area contributed by atoms with Gasteiger partial charge in [-0.2, -0.15) is 5.10 Å². The lowest BCUT2D eigenvalue weighted by Crippen LogP contribution is -2.24. The zero-order valence-corrected chi connectivity index (χ0v) is 21.1. The van der Waals surface area contributed by atoms with Crippen LogP contribution in [0, 0.1) is 6.92 Å². The number of fused-ring (bicyclic) bond motifs is 1. The van der Waals surface area contributed by atoms with E-state index in [4.69, 9.17) is 14.8 Å². The SMILES string of the molecule is COC(=O)c1cc(-c2csc(NC(=O)c3cc(C(C)C)nc4c3c(C)nn4C(C)(C)C)n2)c[nH]1. The summed E-state index contributed by atoms with van der Waals surface area (Å²) in [6, 6.07) is 3.51. The van der Waals surface area contributed by atoms with Crippen LogP contribution in [-0.4, -0.2) is 43.7 Å². The molecule has 34 heavy (non-hydrogen) atoms. The maximum absolute atomic E-state index is 13.4. The van der Waals surface area contributed by atoms with Gasteiger partial charge in [0, 0.05) is 22.8 Å². The molecule has 0 aromatic carbocycles. The maximum Gasteiger partial charge on any atom is 0.354 e. The number of aromatic nitrogens is 5. The van der Waals surface area contributed by atoms with Gasteiger partial charge >= 0.3 is 5.97 Å². The number of anilines is 1. The minimum Gasteiger partial charge on any atom is -0.464 e. The van der Waals surface area contributed by atoms with Gasteiger partial charge < -0.3 is 9.72 Å². The van der Waals surface area contributed by atoms with E-state index in [-0.39, 0.29) is 17.4 Å². The van der Waals surface area contributed by atoms with Crippen molar-refractivity contribution in [3.8, 4) is 11.3 Å². The number of hydrogen-bond donors (Lipinski definition) is 2. The first-order valence-corrected chi connectivity index (χ1v) is 11.8. The second-order valence-electron chi connectivity index (χ2n) is 9.40. The Morgan fingerprint density at radius 2 is 1.94 bits per heavy atom. The summed E-state index contributed by atoms with van der Waals surface area (Å²) in [6.07, 6.45) is 1.68. The van der Waals surface area contributed by atoms with Crippen LogP contribution in [0.1, 0.15) is 72.8 Å². The molecular weight excluding hydrogens is 452 g/mol. The maximum atomic E-state index is 13.4. The van der Waals surface area contributed by atoms with Gasteiger partial charge in [-0.1, -0.05) is 13.8 Å². The minimum atomic E-state index is -0.455. The highest BCUT2D eigenvalue weighted by molar-refractivity contribution is 7.14. The Balaban J connectivity index is 1.69. The van der Waals surface area contributed by atoms with Crippen molar-refractivity contribution in [1.29, 1.82) is 0 Å². The van der Waals surface area contributed by atoms with Crippen LogP contribution in [0.4, 0.5) is 5.13 Å². The number of rotatable bonds is 5. The van der Waals surface area contributed by atoms with Gasteiger partial charge in [-0.25, -0.2) is 19.4 Å². The summed E-state index contributed by atoms with van der Waals surface area (Å²) < 4.78 is 6.61. The number of carbonyl (C=O) groups is 2. The molecule has 4 rings (SSSR count). The Labute approximate surface area is 201 Å². The quantitative estimate of drug-likeness (QED) is 0.384. The molecule has 0 saturated heterocycles. The highest BCUT2D eigenvalue weighted by atomic mass is 32.1. The van der Waals surface area contributed by atoms with Gasteiger partial charge in [0.15, 0.2) is 10.8 Å². The van der Waals surface area contributed by atoms with Gasteiger partial charge in [-0.3, -0.25) is 10.1 Å². The third kappa shape index (κ3) is 4.33. The zero-order valence-electron chi connectivity index (χ0n) is 20.3. The van der Waals surface area contributed by atoms with Gasteiger partial charge in [0.1, 0.15) is 5.69 Å². The third-order valence-corrected chi connectivity index (χ3v) is 6.17. The molecule has 0 spiro atoms. The molecule has 4 aromatic rings. The highest BCUT2D eigenvalue weighted by Gasteiger charge is 2.25. The highest BCUT2D eigenvalue weighted by Crippen LogP contribution is 2.30. The van der Waals surface area contributed by atoms with Gasteiger partial charge in [-0.15, -0.1) is 11.3 Å². The van der Waals surface area contributed by atoms with Gasteiger partial charge in [0.2, 0.25) is 0 Å². The summed E-state index contributed by atoms with van der Waals surface area (Å²) in [5, 5.41) is 10.6. The number of pyridine rings is 1. The van der Waals surface area contributed by atoms with Crippen LogP contribution in [0.5, 0.6) is 0 Å². The number of thiazole rings is 1. The molecule has 0 unspecified atom stereocenters. The first-order valence-electron chi connectivity index (χ1n) is 10.9. The molecule has 2 N–H and O–H groups in total. The lowest BCUT2D eigenvalue weighted by molar-refractivity contribution is 0.0594. The van der Waals surface area contributed by atoms with E-state index in [9.17, 15) is 9.59 Å². The molecule has 0 radical (unpaired) electrons. The number of nitrogens with zero attached hydrogens (tertiary/aromatic N) is 4. The normalized spacial score (nSPS) is 11.9. The van der Waals surface area contributed by atoms with Crippen LogP contribution < -0.4 is 5.32 Å². The summed E-state index contributed by atoms with van der Waals surface area (Å²) in [4.78, 5) is 37.4. The van der Waals surface area contributed by atoms with E-state index in [1.807, 2.05) is 36.9 Å². The number of aryl methyl sites for hydroxylation is 1. The van der Waals surface area contributed by atoms with Gasteiger partial charge in [0.05, 0.1) is 35.0 Å². The average Bonchev–Trinajstić information content (AvgIpc) is 3.51. The van der Waals surface area contributed by atoms with Crippen molar-refractivity contribution < 1.29 is 14.3 Å². The first-order chi connectivity index (χ1) is 16.0. The number of ether oxygens (including phenoxy) is 1. The Hall–Kier alpha value is -3.53. The number of amides is 1. The van der Waals surface area contributed by atoms with Crippen molar-refractivity contribution in [2.75, 3.05) is 12.4 Å². The van der Waals surface area contributed by atoms with Crippen LogP contribution in [0.3, 0.4) is 0 Å². The largest absolute Gasteiger partial charge is 0.464 e. The molecule has 0 atom stereocenters. The second kappa shape index (κ2) is 8.68. The summed E-state index contributed by atoms with van der Waals surface area (Å²) >= 11 is 1.31. The fourth-order valence-corrected chi connectivity index (χ4v) is 4.36. The number of esters is 1. The number of hydrogen-bond acceptors (Lipinski definition) is 7. The van der Waals surface area contributed by atoms with Crippen LogP contribution >= 0.6 is 11.3 Å². The molecule has 4 aromatic heterocycles. The van der Waals surface area contributed by atoms with Crippen molar-refractivity contribution in [2.24, 2.45) is 0 Å². The molecular formula is C24H28N6O3S. The van der Waals surface area contributed by atoms with E-state index in [0.717, 1.165) is 22.3 Å². The van der Waals surface area contributed by atoms with E-state index in [1.165, 1.54) is 18.4 Å². The van der Waals surface area contributed by atoms with E-state index >= 15 is 0 Å². The molecule has 0 aliphatic carbocycles. The number of nitrogens with one attached hydrogen (secondary N) is 2. The van der Waals surface area contributed by atoms with E-state index in [1.54, 1.807) is 12.3 Å². The predicted octanol–water partition coefficient (Wildman–Crippen LogP) is 5.11. The summed E-state index contributed by atoms with van der Waals surface area (Å²) in [5.41, 5.74) is 4.22. The van der Waals surface area contributed by atoms with Crippen LogP contribution in [0.2, 0.25) is 0 Å². The van der Waals surface area contributed by atoms with Gasteiger partial charge in [0.25, 0.3) is 5.91 Å². The Kier molecular flexibility index (Phi) is 6.03. The minimum absolute atomic E-state index is 0.142. The van der Waals surface area contributed by atoms with E-state index < -0.39 is 5.97 Å². The molecule has 10 heteroatoms. The fraction of sp³-hybridized carbons (Fsp3) is 0.375. The number of methoxy groups -OCH3 is 1. The molecule has 4 heterocycles. The lowest BCUT2D eigenvalue weighted by Gasteiger charge is -2.20. The summed E-state index contributed by atoms with van der Waals surface area (Å²) in [5.74, 6) is -0.580. The monoisotopic (exact) mass is 480 g/mol. The Morgan fingerprint density at radius 1 is 1.21 bits per heavy atom. The summed E-state index contributed by atoms with van der Waals surface area (Å²) in [7, 11) is 1.33. The van der Waals surface area contributed by atoms with E-state index in [0.29, 0.717) is 27.7 Å². The average molecular weight is 481 g/mol. The predicted molar refractivity (Wildman–Crippen MR) is 133 cm³/mol. The molecule has 0 fully saturated rings. The van der Waals surface area contributed by atoms with Crippen LogP contribution in [0.25, 0.3) is 22.3 Å². The van der Waals surface area contributed by atoms with Crippen molar-refractivity contribution >= 4 is 39.4 Å². The van der Waals surface area contributed by atoms with E-state index in [2.05, 4.69) is 36.1 Å². The van der Waals surface area contributed by atoms with Crippen LogP contribution in [0.15, 0.2) is 23.7 Å². The zero-order chi connectivity index (χ0) is 24.8. The second-order valence-corrected chi connectivity index (χ2v) is 10.3.